The van der Waals surface area contributed by atoms with Gasteiger partial charge in [0, 0.05) is 37.9 Å². The van der Waals surface area contributed by atoms with E-state index in [9.17, 15) is 13.2 Å². The third-order valence-corrected chi connectivity index (χ3v) is 6.91. The number of aryl methyl sites for hydroxylation is 2. The molecule has 2 aliphatic rings. The standard InChI is InChI=1S/C18H27N3O3S/c1-3-15-6-4-5-14(2)17(15)20-8-10-21(11-9-20)18(22)19-16-7-12-25(23,24)13-16/h4-6,16H,3,7-13H2,1-2H3,(H,19,22). The number of nitrogens with one attached hydrogen (secondary N) is 1. The molecule has 0 aliphatic carbocycles. The van der Waals surface area contributed by atoms with Crippen molar-refractivity contribution in [2.75, 3.05) is 42.6 Å². The van der Waals surface area contributed by atoms with Crippen LogP contribution in [-0.4, -0.2) is 63.1 Å². The topological polar surface area (TPSA) is 69.7 Å². The van der Waals surface area contributed by atoms with Crippen molar-refractivity contribution in [3.8, 4) is 0 Å². The van der Waals surface area contributed by atoms with Crippen LogP contribution in [0.15, 0.2) is 18.2 Å². The number of piperazine rings is 1. The molecule has 1 N–H and O–H groups in total. The quantitative estimate of drug-likeness (QED) is 0.883. The van der Waals surface area contributed by atoms with Crippen LogP contribution in [0, 0.1) is 6.92 Å². The minimum atomic E-state index is -2.97. The monoisotopic (exact) mass is 365 g/mol. The van der Waals surface area contributed by atoms with Crippen LogP contribution in [0.4, 0.5) is 10.5 Å². The van der Waals surface area contributed by atoms with Gasteiger partial charge in [-0.3, -0.25) is 0 Å². The van der Waals surface area contributed by atoms with E-state index < -0.39 is 9.84 Å². The number of carbonyl (C=O) groups excluding carboxylic acids is 1. The number of hydrogen-bond acceptors (Lipinski definition) is 4. The Hall–Kier alpha value is -1.76. The summed E-state index contributed by atoms with van der Waals surface area (Å²) in [6.07, 6.45) is 1.52. The highest BCUT2D eigenvalue weighted by atomic mass is 32.2. The number of sulfone groups is 1. The van der Waals surface area contributed by atoms with E-state index in [0.717, 1.165) is 19.5 Å². The Bertz CT molecular complexity index is 740. The van der Waals surface area contributed by atoms with E-state index >= 15 is 0 Å². The molecule has 138 valence electrons. The van der Waals surface area contributed by atoms with Gasteiger partial charge in [-0.1, -0.05) is 25.1 Å². The fourth-order valence-electron chi connectivity index (χ4n) is 3.77. The predicted octanol–water partition coefficient (Wildman–Crippen LogP) is 1.58. The predicted molar refractivity (Wildman–Crippen MR) is 99.9 cm³/mol. The Morgan fingerprint density at radius 3 is 2.56 bits per heavy atom. The number of para-hydroxylation sites is 1. The normalized spacial score (nSPS) is 22.9. The van der Waals surface area contributed by atoms with E-state index in [4.69, 9.17) is 0 Å². The number of hydrogen-bond donors (Lipinski definition) is 1. The smallest absolute Gasteiger partial charge is 0.317 e. The lowest BCUT2D eigenvalue weighted by Crippen LogP contribution is -2.54. The number of urea groups is 1. The molecule has 2 heterocycles. The second-order valence-electron chi connectivity index (χ2n) is 6.96. The average Bonchev–Trinajstić information content (AvgIpc) is 2.93. The molecule has 25 heavy (non-hydrogen) atoms. The first-order chi connectivity index (χ1) is 11.9. The fraction of sp³-hybridized carbons (Fsp3) is 0.611. The fourth-order valence-corrected chi connectivity index (χ4v) is 5.44. The van der Waals surface area contributed by atoms with Gasteiger partial charge in [-0.2, -0.15) is 0 Å². The summed E-state index contributed by atoms with van der Waals surface area (Å²) in [6, 6.07) is 6.02. The van der Waals surface area contributed by atoms with Crippen LogP contribution in [-0.2, 0) is 16.3 Å². The van der Waals surface area contributed by atoms with Gasteiger partial charge >= 0.3 is 6.03 Å². The molecule has 1 atom stereocenters. The molecular formula is C18H27N3O3S. The van der Waals surface area contributed by atoms with Crippen molar-refractivity contribution in [3.05, 3.63) is 29.3 Å². The molecule has 2 fully saturated rings. The number of nitrogens with zero attached hydrogens (tertiary/aromatic N) is 2. The average molecular weight is 365 g/mol. The summed E-state index contributed by atoms with van der Waals surface area (Å²) in [4.78, 5) is 16.6. The third-order valence-electron chi connectivity index (χ3n) is 5.15. The molecule has 0 spiro atoms. The maximum absolute atomic E-state index is 12.4. The number of carbonyl (C=O) groups is 1. The van der Waals surface area contributed by atoms with Gasteiger partial charge in [-0.15, -0.1) is 0 Å². The zero-order valence-corrected chi connectivity index (χ0v) is 15.8. The molecule has 7 heteroatoms. The Balaban J connectivity index is 1.58. The number of benzene rings is 1. The molecule has 3 rings (SSSR count). The van der Waals surface area contributed by atoms with Gasteiger partial charge in [0.15, 0.2) is 9.84 Å². The van der Waals surface area contributed by atoms with Gasteiger partial charge in [-0.25, -0.2) is 13.2 Å². The van der Waals surface area contributed by atoms with Crippen molar-refractivity contribution >= 4 is 21.6 Å². The van der Waals surface area contributed by atoms with Gasteiger partial charge in [0.05, 0.1) is 11.5 Å². The summed E-state index contributed by atoms with van der Waals surface area (Å²) in [5, 5.41) is 2.88. The van der Waals surface area contributed by atoms with Crippen molar-refractivity contribution in [2.24, 2.45) is 0 Å². The minimum absolute atomic E-state index is 0.0712. The number of rotatable bonds is 3. The summed E-state index contributed by atoms with van der Waals surface area (Å²) in [5.74, 6) is 0.251. The molecule has 1 aromatic rings. The molecule has 0 radical (unpaired) electrons. The van der Waals surface area contributed by atoms with E-state index in [1.807, 2.05) is 0 Å². The lowest BCUT2D eigenvalue weighted by atomic mass is 10.0. The highest BCUT2D eigenvalue weighted by Gasteiger charge is 2.31. The first-order valence-electron chi connectivity index (χ1n) is 8.99. The van der Waals surface area contributed by atoms with Crippen molar-refractivity contribution < 1.29 is 13.2 Å². The maximum Gasteiger partial charge on any atom is 0.317 e. The summed E-state index contributed by atoms with van der Waals surface area (Å²) in [7, 11) is -2.97. The van der Waals surface area contributed by atoms with Gasteiger partial charge in [0.2, 0.25) is 0 Å². The Morgan fingerprint density at radius 2 is 1.96 bits per heavy atom. The molecule has 2 aliphatic heterocycles. The highest BCUT2D eigenvalue weighted by molar-refractivity contribution is 7.91. The lowest BCUT2D eigenvalue weighted by Gasteiger charge is -2.38. The minimum Gasteiger partial charge on any atom is -0.368 e. The summed E-state index contributed by atoms with van der Waals surface area (Å²) < 4.78 is 23.0. The largest absolute Gasteiger partial charge is 0.368 e. The van der Waals surface area contributed by atoms with Gasteiger partial charge in [0.25, 0.3) is 0 Å². The van der Waals surface area contributed by atoms with Crippen LogP contribution in [0.5, 0.6) is 0 Å². The van der Waals surface area contributed by atoms with Crippen LogP contribution in [0.3, 0.4) is 0 Å². The Labute approximate surface area is 150 Å². The molecule has 0 saturated carbocycles. The molecule has 2 amide bonds. The highest BCUT2D eigenvalue weighted by Crippen LogP contribution is 2.26. The van der Waals surface area contributed by atoms with Gasteiger partial charge in [0.1, 0.15) is 0 Å². The molecule has 2 saturated heterocycles. The van der Waals surface area contributed by atoms with Crippen LogP contribution in [0.1, 0.15) is 24.5 Å². The molecule has 1 unspecified atom stereocenters. The molecule has 0 aromatic heterocycles. The molecular weight excluding hydrogens is 338 g/mol. The van der Waals surface area contributed by atoms with Crippen molar-refractivity contribution in [2.45, 2.75) is 32.7 Å². The molecule has 6 nitrogen and oxygen atoms in total. The van der Waals surface area contributed by atoms with E-state index in [-0.39, 0.29) is 23.6 Å². The van der Waals surface area contributed by atoms with Crippen LogP contribution in [0.25, 0.3) is 0 Å². The zero-order valence-electron chi connectivity index (χ0n) is 15.0. The van der Waals surface area contributed by atoms with E-state index in [1.54, 1.807) is 4.90 Å². The van der Waals surface area contributed by atoms with E-state index in [1.165, 1.54) is 16.8 Å². The summed E-state index contributed by atoms with van der Waals surface area (Å²) in [5.41, 5.74) is 3.91. The summed E-state index contributed by atoms with van der Waals surface area (Å²) >= 11 is 0. The molecule has 0 bridgehead atoms. The Morgan fingerprint density at radius 1 is 1.24 bits per heavy atom. The number of anilines is 1. The van der Waals surface area contributed by atoms with Crippen molar-refractivity contribution in [1.82, 2.24) is 10.2 Å². The van der Waals surface area contributed by atoms with Crippen molar-refractivity contribution in [1.29, 1.82) is 0 Å². The molecule has 1 aromatic carbocycles. The first-order valence-corrected chi connectivity index (χ1v) is 10.8. The number of amides is 2. The SMILES string of the molecule is CCc1cccc(C)c1N1CCN(C(=O)NC2CCS(=O)(=O)C2)CC1. The van der Waals surface area contributed by atoms with Crippen LogP contribution < -0.4 is 10.2 Å². The third kappa shape index (κ3) is 4.08. The lowest BCUT2D eigenvalue weighted by molar-refractivity contribution is 0.191. The summed E-state index contributed by atoms with van der Waals surface area (Å²) in [6.45, 7) is 7.21. The first kappa shape index (κ1) is 18.0. The van der Waals surface area contributed by atoms with Gasteiger partial charge < -0.3 is 15.1 Å². The van der Waals surface area contributed by atoms with E-state index in [0.29, 0.717) is 19.5 Å². The van der Waals surface area contributed by atoms with Gasteiger partial charge in [-0.05, 0) is 30.9 Å². The zero-order chi connectivity index (χ0) is 18.0. The second-order valence-corrected chi connectivity index (χ2v) is 9.19. The Kier molecular flexibility index (Phi) is 5.22. The second kappa shape index (κ2) is 7.23. The van der Waals surface area contributed by atoms with Crippen LogP contribution >= 0.6 is 0 Å². The maximum atomic E-state index is 12.4. The van der Waals surface area contributed by atoms with E-state index in [2.05, 4.69) is 42.3 Å². The van der Waals surface area contributed by atoms with Crippen LogP contribution in [0.2, 0.25) is 0 Å². The van der Waals surface area contributed by atoms with Crippen molar-refractivity contribution in [3.63, 3.8) is 0 Å².